The van der Waals surface area contributed by atoms with Crippen molar-refractivity contribution in [2.24, 2.45) is 0 Å². The highest BCUT2D eigenvalue weighted by molar-refractivity contribution is 9.10. The molecule has 0 bridgehead atoms. The van der Waals surface area contributed by atoms with Gasteiger partial charge in [0, 0.05) is 38.3 Å². The number of methoxy groups -OCH3 is 3. The van der Waals surface area contributed by atoms with E-state index in [1.54, 1.807) is 26.4 Å². The maximum Gasteiger partial charge on any atom is 0.337 e. The largest absolute Gasteiger partial charge is 0.465 e. The summed E-state index contributed by atoms with van der Waals surface area (Å²) in [5.74, 6) is -0.331. The molecule has 1 saturated heterocycles. The maximum atomic E-state index is 11.5. The second kappa shape index (κ2) is 7.35. The first-order valence-corrected chi connectivity index (χ1v) is 7.53. The Labute approximate surface area is 133 Å². The van der Waals surface area contributed by atoms with E-state index in [2.05, 4.69) is 20.8 Å². The SMILES string of the molecule is COC(=O)c1ccc(CN2CC(OC)C(OC)C2)c(Br)c1. The number of rotatable bonds is 5. The highest BCUT2D eigenvalue weighted by Gasteiger charge is 2.32. The van der Waals surface area contributed by atoms with Gasteiger partial charge in [-0.2, -0.15) is 0 Å². The first-order chi connectivity index (χ1) is 10.1. The molecule has 0 aromatic heterocycles. The first kappa shape index (κ1) is 16.4. The molecule has 0 amide bonds. The van der Waals surface area contributed by atoms with Crippen molar-refractivity contribution in [1.29, 1.82) is 0 Å². The van der Waals surface area contributed by atoms with Crippen molar-refractivity contribution in [3.63, 3.8) is 0 Å². The Kier molecular flexibility index (Phi) is 5.75. The average molecular weight is 358 g/mol. The molecule has 1 heterocycles. The van der Waals surface area contributed by atoms with Crippen LogP contribution in [0.3, 0.4) is 0 Å². The molecular weight excluding hydrogens is 338 g/mol. The van der Waals surface area contributed by atoms with E-state index in [4.69, 9.17) is 14.2 Å². The van der Waals surface area contributed by atoms with Crippen LogP contribution >= 0.6 is 15.9 Å². The van der Waals surface area contributed by atoms with Crippen LogP contribution in [0.5, 0.6) is 0 Å². The summed E-state index contributed by atoms with van der Waals surface area (Å²) in [6, 6.07) is 5.51. The summed E-state index contributed by atoms with van der Waals surface area (Å²) in [5.41, 5.74) is 1.66. The van der Waals surface area contributed by atoms with Crippen molar-refractivity contribution in [3.8, 4) is 0 Å². The lowest BCUT2D eigenvalue weighted by molar-refractivity contribution is -0.00461. The lowest BCUT2D eigenvalue weighted by atomic mass is 10.1. The van der Waals surface area contributed by atoms with Gasteiger partial charge in [-0.05, 0) is 17.7 Å². The Morgan fingerprint density at radius 2 is 1.86 bits per heavy atom. The van der Waals surface area contributed by atoms with Gasteiger partial charge in [-0.25, -0.2) is 4.79 Å². The fraction of sp³-hybridized carbons (Fsp3) is 0.533. The summed E-state index contributed by atoms with van der Waals surface area (Å²) >= 11 is 3.52. The predicted octanol–water partition coefficient (Wildman–Crippen LogP) is 2.08. The van der Waals surface area contributed by atoms with Gasteiger partial charge < -0.3 is 14.2 Å². The molecule has 116 valence electrons. The van der Waals surface area contributed by atoms with E-state index < -0.39 is 0 Å². The number of hydrogen-bond donors (Lipinski definition) is 0. The molecule has 1 aliphatic rings. The third-order valence-corrected chi connectivity index (χ3v) is 4.50. The number of esters is 1. The van der Waals surface area contributed by atoms with Crippen LogP contribution in [0, 0.1) is 0 Å². The number of ether oxygens (including phenoxy) is 3. The third kappa shape index (κ3) is 3.83. The van der Waals surface area contributed by atoms with E-state index >= 15 is 0 Å². The minimum Gasteiger partial charge on any atom is -0.465 e. The standard InChI is InChI=1S/C15H20BrNO4/c1-19-13-8-17(9-14(13)20-2)7-11-5-4-10(6-12(11)16)15(18)21-3/h4-6,13-14H,7-9H2,1-3H3. The number of halogens is 1. The van der Waals surface area contributed by atoms with E-state index in [0.717, 1.165) is 29.7 Å². The highest BCUT2D eigenvalue weighted by Crippen LogP contribution is 2.24. The number of carbonyl (C=O) groups is 1. The lowest BCUT2D eigenvalue weighted by Gasteiger charge is -2.16. The smallest absolute Gasteiger partial charge is 0.337 e. The van der Waals surface area contributed by atoms with Crippen LogP contribution in [0.25, 0.3) is 0 Å². The second-order valence-electron chi connectivity index (χ2n) is 5.04. The molecule has 0 N–H and O–H groups in total. The average Bonchev–Trinajstić information content (AvgIpc) is 2.90. The molecule has 0 aliphatic carbocycles. The summed E-state index contributed by atoms with van der Waals surface area (Å²) in [4.78, 5) is 13.8. The van der Waals surface area contributed by atoms with Crippen molar-refractivity contribution < 1.29 is 19.0 Å². The van der Waals surface area contributed by atoms with Gasteiger partial charge in [0.05, 0.1) is 24.9 Å². The summed E-state index contributed by atoms with van der Waals surface area (Å²) in [5, 5.41) is 0. The van der Waals surface area contributed by atoms with Crippen LogP contribution in [0.4, 0.5) is 0 Å². The van der Waals surface area contributed by atoms with Crippen LogP contribution in [-0.4, -0.2) is 57.5 Å². The molecule has 6 heteroatoms. The van der Waals surface area contributed by atoms with Gasteiger partial charge in [0.25, 0.3) is 0 Å². The summed E-state index contributed by atoms with van der Waals surface area (Å²) in [6.07, 6.45) is 0.200. The van der Waals surface area contributed by atoms with Gasteiger partial charge in [-0.3, -0.25) is 4.90 Å². The Bertz CT molecular complexity index is 496. The van der Waals surface area contributed by atoms with Gasteiger partial charge in [-0.1, -0.05) is 22.0 Å². The second-order valence-corrected chi connectivity index (χ2v) is 5.89. The zero-order chi connectivity index (χ0) is 15.4. The number of nitrogens with zero attached hydrogens (tertiary/aromatic N) is 1. The van der Waals surface area contributed by atoms with Crippen LogP contribution < -0.4 is 0 Å². The number of carbonyl (C=O) groups excluding carboxylic acids is 1. The third-order valence-electron chi connectivity index (χ3n) is 3.76. The van der Waals surface area contributed by atoms with Crippen molar-refractivity contribution in [2.75, 3.05) is 34.4 Å². The van der Waals surface area contributed by atoms with Crippen LogP contribution in [0.1, 0.15) is 15.9 Å². The fourth-order valence-electron chi connectivity index (χ4n) is 2.56. The predicted molar refractivity (Wildman–Crippen MR) is 82.4 cm³/mol. The van der Waals surface area contributed by atoms with Crippen LogP contribution in [0.15, 0.2) is 22.7 Å². The molecule has 1 aromatic rings. The highest BCUT2D eigenvalue weighted by atomic mass is 79.9. The van der Waals surface area contributed by atoms with Gasteiger partial charge in [0.1, 0.15) is 0 Å². The molecule has 2 rings (SSSR count). The molecular formula is C15H20BrNO4. The molecule has 1 aromatic carbocycles. The molecule has 1 aliphatic heterocycles. The van der Waals surface area contributed by atoms with E-state index in [1.165, 1.54) is 7.11 Å². The van der Waals surface area contributed by atoms with Gasteiger partial charge in [0.2, 0.25) is 0 Å². The Hall–Kier alpha value is -0.950. The Morgan fingerprint density at radius 1 is 1.24 bits per heavy atom. The fourth-order valence-corrected chi connectivity index (χ4v) is 3.07. The normalized spacial score (nSPS) is 22.5. The monoisotopic (exact) mass is 357 g/mol. The van der Waals surface area contributed by atoms with Gasteiger partial charge in [-0.15, -0.1) is 0 Å². The van der Waals surface area contributed by atoms with Crippen molar-refractivity contribution >= 4 is 21.9 Å². The Morgan fingerprint density at radius 3 is 2.33 bits per heavy atom. The molecule has 0 saturated carbocycles. The van der Waals surface area contributed by atoms with E-state index in [0.29, 0.717) is 5.56 Å². The molecule has 1 fully saturated rings. The maximum absolute atomic E-state index is 11.5. The topological polar surface area (TPSA) is 48.0 Å². The van der Waals surface area contributed by atoms with E-state index in [1.807, 2.05) is 6.07 Å². The molecule has 2 unspecified atom stereocenters. The molecule has 0 radical (unpaired) electrons. The first-order valence-electron chi connectivity index (χ1n) is 6.73. The number of likely N-dealkylation sites (tertiary alicyclic amines) is 1. The molecule has 5 nitrogen and oxygen atoms in total. The minimum absolute atomic E-state index is 0.100. The van der Waals surface area contributed by atoms with E-state index in [-0.39, 0.29) is 18.2 Å². The lowest BCUT2D eigenvalue weighted by Crippen LogP contribution is -2.27. The van der Waals surface area contributed by atoms with Crippen LogP contribution in [-0.2, 0) is 20.8 Å². The number of hydrogen-bond acceptors (Lipinski definition) is 5. The zero-order valence-electron chi connectivity index (χ0n) is 12.5. The molecule has 21 heavy (non-hydrogen) atoms. The zero-order valence-corrected chi connectivity index (χ0v) is 14.1. The number of benzene rings is 1. The quantitative estimate of drug-likeness (QED) is 0.755. The summed E-state index contributed by atoms with van der Waals surface area (Å²) < 4.78 is 16.5. The van der Waals surface area contributed by atoms with E-state index in [9.17, 15) is 4.79 Å². The molecule has 0 spiro atoms. The Balaban J connectivity index is 2.05. The van der Waals surface area contributed by atoms with Crippen LogP contribution in [0.2, 0.25) is 0 Å². The van der Waals surface area contributed by atoms with Gasteiger partial charge >= 0.3 is 5.97 Å². The van der Waals surface area contributed by atoms with Crippen molar-refractivity contribution in [1.82, 2.24) is 4.90 Å². The van der Waals surface area contributed by atoms with Crippen molar-refractivity contribution in [2.45, 2.75) is 18.8 Å². The van der Waals surface area contributed by atoms with Gasteiger partial charge in [0.15, 0.2) is 0 Å². The minimum atomic E-state index is -0.331. The van der Waals surface area contributed by atoms with Crippen molar-refractivity contribution in [3.05, 3.63) is 33.8 Å². The summed E-state index contributed by atoms with van der Waals surface area (Å²) in [7, 11) is 4.80. The summed E-state index contributed by atoms with van der Waals surface area (Å²) in [6.45, 7) is 2.45. The molecule has 2 atom stereocenters.